The molecule has 1 amide bonds. The van der Waals surface area contributed by atoms with Gasteiger partial charge >= 0.3 is 0 Å². The van der Waals surface area contributed by atoms with Crippen molar-refractivity contribution in [2.75, 3.05) is 19.0 Å². The summed E-state index contributed by atoms with van der Waals surface area (Å²) in [7, 11) is 1.63. The highest BCUT2D eigenvalue weighted by atomic mass is 35.5. The highest BCUT2D eigenvalue weighted by molar-refractivity contribution is 6.32. The Bertz CT molecular complexity index is 527. The molecule has 0 radical (unpaired) electrons. The van der Waals surface area contributed by atoms with Gasteiger partial charge in [-0.1, -0.05) is 31.4 Å². The zero-order valence-corrected chi connectivity index (χ0v) is 14.2. The van der Waals surface area contributed by atoms with E-state index in [1.54, 1.807) is 19.2 Å². The molecule has 1 fully saturated rings. The molecule has 0 aliphatic heterocycles. The molecule has 22 heavy (non-hydrogen) atoms. The molecule has 122 valence electrons. The first kappa shape index (κ1) is 17.1. The second-order valence-electron chi connectivity index (χ2n) is 6.25. The Labute approximate surface area is 137 Å². The fourth-order valence-corrected chi connectivity index (χ4v) is 3.05. The Morgan fingerprint density at radius 3 is 2.68 bits per heavy atom. The Kier molecular flexibility index (Phi) is 5.70. The van der Waals surface area contributed by atoms with Crippen LogP contribution in [0.1, 0.15) is 39.5 Å². The van der Waals surface area contributed by atoms with Gasteiger partial charge in [0.05, 0.1) is 11.6 Å². The van der Waals surface area contributed by atoms with Crippen molar-refractivity contribution in [1.82, 2.24) is 0 Å². The summed E-state index contributed by atoms with van der Waals surface area (Å²) in [6.07, 6.45) is 4.05. The summed E-state index contributed by atoms with van der Waals surface area (Å²) in [5.74, 6) is 0.666. The van der Waals surface area contributed by atoms with E-state index >= 15 is 0 Å². The van der Waals surface area contributed by atoms with Crippen LogP contribution in [0.4, 0.5) is 5.69 Å². The van der Waals surface area contributed by atoms with E-state index < -0.39 is 0 Å². The van der Waals surface area contributed by atoms with E-state index in [0.717, 1.165) is 25.7 Å². The van der Waals surface area contributed by atoms with Crippen LogP contribution in [0.5, 0.6) is 5.75 Å². The smallest absolute Gasteiger partial charge is 0.230 e. The summed E-state index contributed by atoms with van der Waals surface area (Å²) >= 11 is 6.23. The van der Waals surface area contributed by atoms with Crippen LogP contribution in [0.25, 0.3) is 0 Å². The van der Waals surface area contributed by atoms with E-state index in [9.17, 15) is 4.79 Å². The van der Waals surface area contributed by atoms with E-state index in [2.05, 4.69) is 5.32 Å². The van der Waals surface area contributed by atoms with Gasteiger partial charge < -0.3 is 14.8 Å². The molecule has 4 nitrogen and oxygen atoms in total. The quantitative estimate of drug-likeness (QED) is 0.849. The van der Waals surface area contributed by atoms with Gasteiger partial charge in [0.1, 0.15) is 11.9 Å². The Balaban J connectivity index is 2.01. The van der Waals surface area contributed by atoms with Crippen molar-refractivity contribution in [1.29, 1.82) is 0 Å². The number of hydrogen-bond acceptors (Lipinski definition) is 3. The fourth-order valence-electron chi connectivity index (χ4n) is 2.82. The lowest BCUT2D eigenvalue weighted by Gasteiger charge is -2.22. The van der Waals surface area contributed by atoms with Crippen LogP contribution in [-0.2, 0) is 9.53 Å². The second kappa shape index (κ2) is 7.34. The zero-order chi connectivity index (χ0) is 16.2. The number of ether oxygens (including phenoxy) is 2. The van der Waals surface area contributed by atoms with E-state index in [-0.39, 0.29) is 17.4 Å². The van der Waals surface area contributed by atoms with Crippen molar-refractivity contribution in [2.45, 2.75) is 45.6 Å². The number of rotatable bonds is 6. The standard InChI is InChI=1S/C17H24ClNO3/c1-12(11-21-3)22-15-7-6-13(10-14(15)18)19-16(20)17(2)8-4-5-9-17/h6-7,10,12H,4-5,8-9,11H2,1-3H3,(H,19,20)/t12-/m1/s1. The maximum atomic E-state index is 12.4. The molecule has 0 bridgehead atoms. The first-order valence-corrected chi connectivity index (χ1v) is 8.09. The monoisotopic (exact) mass is 325 g/mol. The summed E-state index contributed by atoms with van der Waals surface area (Å²) in [6, 6.07) is 5.32. The number of halogens is 1. The Hall–Kier alpha value is -1.26. The average molecular weight is 326 g/mol. The van der Waals surface area contributed by atoms with Gasteiger partial charge in [-0.05, 0) is 38.0 Å². The van der Waals surface area contributed by atoms with Crippen LogP contribution in [-0.4, -0.2) is 25.7 Å². The van der Waals surface area contributed by atoms with Gasteiger partial charge in [0, 0.05) is 18.2 Å². The molecule has 1 aromatic rings. The first-order valence-electron chi connectivity index (χ1n) is 7.71. The number of anilines is 1. The maximum absolute atomic E-state index is 12.4. The first-order chi connectivity index (χ1) is 10.4. The topological polar surface area (TPSA) is 47.6 Å². The molecule has 5 heteroatoms. The van der Waals surface area contributed by atoms with Crippen molar-refractivity contribution < 1.29 is 14.3 Å². The predicted octanol–water partition coefficient (Wildman–Crippen LogP) is 4.27. The Morgan fingerprint density at radius 2 is 2.09 bits per heavy atom. The van der Waals surface area contributed by atoms with Crippen LogP contribution >= 0.6 is 11.6 Å². The van der Waals surface area contributed by atoms with Crippen LogP contribution < -0.4 is 10.1 Å². The van der Waals surface area contributed by atoms with E-state index in [1.807, 2.05) is 19.9 Å². The summed E-state index contributed by atoms with van der Waals surface area (Å²) in [5.41, 5.74) is 0.448. The molecule has 1 aliphatic carbocycles. The fraction of sp³-hybridized carbons (Fsp3) is 0.588. The van der Waals surface area contributed by atoms with Gasteiger partial charge in [-0.25, -0.2) is 0 Å². The molecule has 0 heterocycles. The molecular formula is C17H24ClNO3. The minimum atomic E-state index is -0.255. The van der Waals surface area contributed by atoms with Gasteiger partial charge in [0.15, 0.2) is 0 Å². The third-order valence-electron chi connectivity index (χ3n) is 4.17. The molecule has 1 N–H and O–H groups in total. The van der Waals surface area contributed by atoms with Gasteiger partial charge in [-0.2, -0.15) is 0 Å². The van der Waals surface area contributed by atoms with E-state index in [4.69, 9.17) is 21.1 Å². The summed E-state index contributed by atoms with van der Waals surface area (Å²) in [5, 5.41) is 3.45. The minimum Gasteiger partial charge on any atom is -0.487 e. The molecule has 1 atom stereocenters. The zero-order valence-electron chi connectivity index (χ0n) is 13.4. The summed E-state index contributed by atoms with van der Waals surface area (Å²) in [6.45, 7) is 4.43. The van der Waals surface area contributed by atoms with E-state index in [1.165, 1.54) is 0 Å². The SMILES string of the molecule is COC[C@@H](C)Oc1ccc(NC(=O)C2(C)CCCC2)cc1Cl. The maximum Gasteiger partial charge on any atom is 0.230 e. The van der Waals surface area contributed by atoms with Crippen LogP contribution in [0.3, 0.4) is 0 Å². The van der Waals surface area contributed by atoms with Crippen molar-refractivity contribution in [3.63, 3.8) is 0 Å². The third-order valence-corrected chi connectivity index (χ3v) is 4.47. The van der Waals surface area contributed by atoms with Crippen molar-refractivity contribution in [2.24, 2.45) is 5.41 Å². The molecule has 0 spiro atoms. The second-order valence-corrected chi connectivity index (χ2v) is 6.66. The minimum absolute atomic E-state index is 0.0717. The van der Waals surface area contributed by atoms with Gasteiger partial charge in [-0.3, -0.25) is 4.79 Å². The summed E-state index contributed by atoms with van der Waals surface area (Å²) in [4.78, 5) is 12.4. The number of methoxy groups -OCH3 is 1. The molecule has 2 rings (SSSR count). The number of benzene rings is 1. The largest absolute Gasteiger partial charge is 0.487 e. The Morgan fingerprint density at radius 1 is 1.41 bits per heavy atom. The molecule has 1 aliphatic rings. The number of amides is 1. The number of hydrogen-bond donors (Lipinski definition) is 1. The molecular weight excluding hydrogens is 302 g/mol. The number of carbonyl (C=O) groups is 1. The third kappa shape index (κ3) is 4.14. The number of nitrogens with one attached hydrogen (secondary N) is 1. The normalized spacial score (nSPS) is 18.0. The molecule has 0 aromatic heterocycles. The lowest BCUT2D eigenvalue weighted by molar-refractivity contribution is -0.124. The highest BCUT2D eigenvalue weighted by Crippen LogP contribution is 2.39. The van der Waals surface area contributed by atoms with Crippen LogP contribution in [0.15, 0.2) is 18.2 Å². The van der Waals surface area contributed by atoms with Crippen LogP contribution in [0.2, 0.25) is 5.02 Å². The molecule has 1 saturated carbocycles. The lowest BCUT2D eigenvalue weighted by Crippen LogP contribution is -2.30. The molecule has 0 saturated heterocycles. The number of carbonyl (C=O) groups excluding carboxylic acids is 1. The summed E-state index contributed by atoms with van der Waals surface area (Å²) < 4.78 is 10.7. The predicted molar refractivity (Wildman–Crippen MR) is 88.6 cm³/mol. The van der Waals surface area contributed by atoms with Crippen LogP contribution in [0, 0.1) is 5.41 Å². The van der Waals surface area contributed by atoms with Crippen molar-refractivity contribution in [3.05, 3.63) is 23.2 Å². The van der Waals surface area contributed by atoms with Crippen molar-refractivity contribution in [3.8, 4) is 5.75 Å². The van der Waals surface area contributed by atoms with Gasteiger partial charge in [-0.15, -0.1) is 0 Å². The lowest BCUT2D eigenvalue weighted by atomic mass is 9.88. The molecule has 1 aromatic carbocycles. The van der Waals surface area contributed by atoms with E-state index in [0.29, 0.717) is 23.1 Å². The van der Waals surface area contributed by atoms with Gasteiger partial charge in [0.25, 0.3) is 0 Å². The molecule has 0 unspecified atom stereocenters. The highest BCUT2D eigenvalue weighted by Gasteiger charge is 2.36. The van der Waals surface area contributed by atoms with Gasteiger partial charge in [0.2, 0.25) is 5.91 Å². The van der Waals surface area contributed by atoms with Crippen molar-refractivity contribution >= 4 is 23.2 Å². The average Bonchev–Trinajstić information content (AvgIpc) is 2.90.